The van der Waals surface area contributed by atoms with Gasteiger partial charge in [0.25, 0.3) is 0 Å². The van der Waals surface area contributed by atoms with Gasteiger partial charge in [-0.2, -0.15) is 13.2 Å². The maximum atomic E-state index is 12.3. The van der Waals surface area contributed by atoms with Gasteiger partial charge < -0.3 is 0 Å². The van der Waals surface area contributed by atoms with E-state index in [4.69, 9.17) is 11.6 Å². The molecule has 0 aliphatic rings. The van der Waals surface area contributed by atoms with Crippen LogP contribution < -0.4 is 0 Å². The molecule has 1 aromatic carbocycles. The monoisotopic (exact) mass is 240 g/mol. The highest BCUT2D eigenvalue weighted by Gasteiger charge is 2.31. The SMILES string of the molecule is CC(P)c1cc(C(F)(F)F)ccc1Cl. The van der Waals surface area contributed by atoms with Crippen LogP contribution in [-0.2, 0) is 6.18 Å². The summed E-state index contributed by atoms with van der Waals surface area (Å²) in [5, 5.41) is 0.362. The van der Waals surface area contributed by atoms with Crippen LogP contribution in [-0.4, -0.2) is 0 Å². The number of hydrogen-bond acceptors (Lipinski definition) is 0. The summed E-state index contributed by atoms with van der Waals surface area (Å²) < 4.78 is 36.9. The second-order valence-corrected chi connectivity index (χ2v) is 4.43. The average Bonchev–Trinajstić information content (AvgIpc) is 2.02. The normalized spacial score (nSPS) is 14.1. The van der Waals surface area contributed by atoms with Crippen LogP contribution in [0.3, 0.4) is 0 Å². The van der Waals surface area contributed by atoms with Gasteiger partial charge in [-0.3, -0.25) is 0 Å². The molecule has 0 heterocycles. The Morgan fingerprint density at radius 3 is 2.36 bits per heavy atom. The Kier molecular flexibility index (Phi) is 3.44. The van der Waals surface area contributed by atoms with E-state index in [1.54, 1.807) is 6.92 Å². The Morgan fingerprint density at radius 1 is 1.36 bits per heavy atom. The lowest BCUT2D eigenvalue weighted by molar-refractivity contribution is -0.137. The zero-order chi connectivity index (χ0) is 10.9. The molecule has 0 saturated carbocycles. The fourth-order valence-corrected chi connectivity index (χ4v) is 1.74. The quantitative estimate of drug-likeness (QED) is 0.642. The van der Waals surface area contributed by atoms with E-state index in [9.17, 15) is 13.2 Å². The summed E-state index contributed by atoms with van der Waals surface area (Å²) in [6.45, 7) is 1.77. The minimum absolute atomic E-state index is 0.0928. The van der Waals surface area contributed by atoms with Crippen LogP contribution in [0.1, 0.15) is 23.7 Å². The molecule has 0 spiro atoms. The van der Waals surface area contributed by atoms with Gasteiger partial charge in [-0.05, 0) is 29.4 Å². The lowest BCUT2D eigenvalue weighted by Gasteiger charge is -2.12. The van der Waals surface area contributed by atoms with Gasteiger partial charge in [0.15, 0.2) is 0 Å². The predicted molar refractivity (Wildman–Crippen MR) is 54.6 cm³/mol. The van der Waals surface area contributed by atoms with Crippen molar-refractivity contribution in [3.05, 3.63) is 34.3 Å². The summed E-state index contributed by atoms with van der Waals surface area (Å²) in [5.41, 5.74) is -0.262. The zero-order valence-corrected chi connectivity index (χ0v) is 9.31. The van der Waals surface area contributed by atoms with Crippen molar-refractivity contribution in [2.45, 2.75) is 18.8 Å². The standard InChI is InChI=1S/C9H9ClF3P/c1-5(14)7-4-6(9(11,12)13)2-3-8(7)10/h2-5H,14H2,1H3. The van der Waals surface area contributed by atoms with Crippen molar-refractivity contribution < 1.29 is 13.2 Å². The Bertz CT molecular complexity index is 333. The molecule has 2 unspecified atom stereocenters. The minimum atomic E-state index is -4.31. The summed E-state index contributed by atoms with van der Waals surface area (Å²) in [7, 11) is 2.42. The molecule has 0 bridgehead atoms. The molecular formula is C9H9ClF3P. The van der Waals surface area contributed by atoms with E-state index in [2.05, 4.69) is 9.24 Å². The summed E-state index contributed by atoms with van der Waals surface area (Å²) in [4.78, 5) is 0. The van der Waals surface area contributed by atoms with Crippen molar-refractivity contribution in [3.8, 4) is 0 Å². The molecule has 0 radical (unpaired) electrons. The van der Waals surface area contributed by atoms with Crippen LogP contribution >= 0.6 is 20.8 Å². The highest BCUT2D eigenvalue weighted by atomic mass is 35.5. The second kappa shape index (κ2) is 4.08. The van der Waals surface area contributed by atoms with E-state index in [1.165, 1.54) is 6.07 Å². The lowest BCUT2D eigenvalue weighted by atomic mass is 10.1. The van der Waals surface area contributed by atoms with E-state index in [-0.39, 0.29) is 5.66 Å². The van der Waals surface area contributed by atoms with Gasteiger partial charge in [0.05, 0.1) is 5.56 Å². The van der Waals surface area contributed by atoms with Gasteiger partial charge in [0.1, 0.15) is 0 Å². The average molecular weight is 241 g/mol. The minimum Gasteiger partial charge on any atom is -0.166 e. The number of rotatable bonds is 1. The number of hydrogen-bond donors (Lipinski definition) is 0. The molecule has 0 aromatic heterocycles. The molecule has 5 heteroatoms. The first-order chi connectivity index (χ1) is 6.32. The third kappa shape index (κ3) is 2.61. The molecule has 0 fully saturated rings. The Hall–Kier alpha value is -0.270. The van der Waals surface area contributed by atoms with Crippen LogP contribution in [0.5, 0.6) is 0 Å². The van der Waals surface area contributed by atoms with Crippen molar-refractivity contribution in [1.82, 2.24) is 0 Å². The van der Waals surface area contributed by atoms with Gasteiger partial charge in [-0.15, -0.1) is 9.24 Å². The number of halogens is 4. The van der Waals surface area contributed by atoms with Gasteiger partial charge in [0, 0.05) is 5.02 Å². The fourth-order valence-electron chi connectivity index (χ4n) is 1.07. The van der Waals surface area contributed by atoms with E-state index in [0.29, 0.717) is 10.6 Å². The fraction of sp³-hybridized carbons (Fsp3) is 0.333. The third-order valence-electron chi connectivity index (χ3n) is 1.81. The van der Waals surface area contributed by atoms with Crippen molar-refractivity contribution in [2.75, 3.05) is 0 Å². The molecule has 1 rings (SSSR count). The van der Waals surface area contributed by atoms with Crippen LogP contribution in [0.15, 0.2) is 18.2 Å². The first-order valence-electron chi connectivity index (χ1n) is 3.94. The zero-order valence-electron chi connectivity index (χ0n) is 7.40. The highest BCUT2D eigenvalue weighted by Crippen LogP contribution is 2.35. The first-order valence-corrected chi connectivity index (χ1v) is 4.99. The Morgan fingerprint density at radius 2 is 1.93 bits per heavy atom. The summed E-state index contributed by atoms with van der Waals surface area (Å²) in [6, 6.07) is 3.35. The molecule has 0 aliphatic heterocycles. The van der Waals surface area contributed by atoms with Crippen LogP contribution in [0, 0.1) is 0 Å². The van der Waals surface area contributed by atoms with Crippen molar-refractivity contribution >= 4 is 20.8 Å². The molecule has 0 saturated heterocycles. The topological polar surface area (TPSA) is 0 Å². The van der Waals surface area contributed by atoms with Crippen LogP contribution in [0.2, 0.25) is 5.02 Å². The summed E-state index contributed by atoms with van der Waals surface area (Å²) in [6.07, 6.45) is -4.31. The largest absolute Gasteiger partial charge is 0.416 e. The van der Waals surface area contributed by atoms with Gasteiger partial charge in [-0.25, -0.2) is 0 Å². The van der Waals surface area contributed by atoms with Crippen LogP contribution in [0.4, 0.5) is 13.2 Å². The Balaban J connectivity index is 3.20. The smallest absolute Gasteiger partial charge is 0.166 e. The van der Waals surface area contributed by atoms with Crippen molar-refractivity contribution in [1.29, 1.82) is 0 Å². The summed E-state index contributed by atoms with van der Waals surface area (Å²) in [5.74, 6) is 0. The number of alkyl halides is 3. The molecule has 0 N–H and O–H groups in total. The van der Waals surface area contributed by atoms with E-state index >= 15 is 0 Å². The molecule has 1 aromatic rings. The van der Waals surface area contributed by atoms with Crippen molar-refractivity contribution in [2.24, 2.45) is 0 Å². The van der Waals surface area contributed by atoms with E-state index in [0.717, 1.165) is 12.1 Å². The molecule has 78 valence electrons. The van der Waals surface area contributed by atoms with E-state index in [1.807, 2.05) is 0 Å². The third-order valence-corrected chi connectivity index (χ3v) is 2.52. The summed E-state index contributed by atoms with van der Waals surface area (Å²) >= 11 is 5.76. The van der Waals surface area contributed by atoms with Gasteiger partial charge in [0.2, 0.25) is 0 Å². The highest BCUT2D eigenvalue weighted by molar-refractivity contribution is 7.17. The van der Waals surface area contributed by atoms with E-state index < -0.39 is 11.7 Å². The second-order valence-electron chi connectivity index (χ2n) is 3.02. The molecule has 2 atom stereocenters. The van der Waals surface area contributed by atoms with Crippen LogP contribution in [0.25, 0.3) is 0 Å². The molecule has 0 aliphatic carbocycles. The molecule has 0 amide bonds. The molecule has 14 heavy (non-hydrogen) atoms. The van der Waals surface area contributed by atoms with Gasteiger partial charge >= 0.3 is 6.18 Å². The Labute approximate surface area is 87.7 Å². The number of benzene rings is 1. The maximum absolute atomic E-state index is 12.3. The van der Waals surface area contributed by atoms with Gasteiger partial charge in [-0.1, -0.05) is 18.5 Å². The maximum Gasteiger partial charge on any atom is 0.416 e. The van der Waals surface area contributed by atoms with Crippen molar-refractivity contribution in [3.63, 3.8) is 0 Å². The first kappa shape index (κ1) is 11.8. The predicted octanol–water partition coefficient (Wildman–Crippen LogP) is 4.29. The molecular weight excluding hydrogens is 232 g/mol. The molecule has 0 nitrogen and oxygen atoms in total. The lowest BCUT2D eigenvalue weighted by Crippen LogP contribution is -2.05.